The zero-order valence-electron chi connectivity index (χ0n) is 34.2. The standard InChI is InChI=1S/C41H44F2N14O6/c42-34(43)35-45-27-8-3-4-10-29(27)56(35)41-48-39(47-40(49-41)54-19-21-63-22-20-54)53-17-15-52(16-18-53)23-25-24-55(51-50-25)14-5-1-2-11-31(58)44-28-9-6-7-26-33(28)38(62)57(37(26)61)30-12-13-32(59)46-36(30)60/h3-4,6-10,24,30,34H,1-2,5,11-23H2,(H,44,58)(H,46,59,60). The van der Waals surface area contributed by atoms with Gasteiger partial charge in [0, 0.05) is 71.4 Å². The molecule has 3 aromatic heterocycles. The highest BCUT2D eigenvalue weighted by Gasteiger charge is 2.45. The molecule has 0 radical (unpaired) electrons. The molecule has 63 heavy (non-hydrogen) atoms. The number of halogens is 2. The summed E-state index contributed by atoms with van der Waals surface area (Å²) in [5.41, 5.74) is 2.04. The number of carbonyl (C=O) groups is 5. The van der Waals surface area contributed by atoms with Crippen LogP contribution in [-0.2, 0) is 32.2 Å². The number of benzene rings is 2. The van der Waals surface area contributed by atoms with Crippen LogP contribution in [0, 0.1) is 0 Å². The normalized spacial score (nSPS) is 18.5. The number of hydrogen-bond acceptors (Lipinski definition) is 15. The monoisotopic (exact) mass is 866 g/mol. The van der Waals surface area contributed by atoms with Gasteiger partial charge in [-0.05, 0) is 43.5 Å². The summed E-state index contributed by atoms with van der Waals surface area (Å²) in [6, 6.07) is 10.4. The van der Waals surface area contributed by atoms with Crippen LogP contribution in [0.3, 0.4) is 0 Å². The van der Waals surface area contributed by atoms with Crippen molar-refractivity contribution in [2.24, 2.45) is 0 Å². The van der Waals surface area contributed by atoms with E-state index in [1.807, 2.05) is 16.0 Å². The molecule has 1 unspecified atom stereocenters. The second kappa shape index (κ2) is 17.9. The fraction of sp³-hybridized carbons (Fsp3) is 0.439. The average Bonchev–Trinajstić information content (AvgIpc) is 3.98. The fourth-order valence-corrected chi connectivity index (χ4v) is 8.31. The van der Waals surface area contributed by atoms with Crippen molar-refractivity contribution in [2.45, 2.75) is 64.1 Å². The highest BCUT2D eigenvalue weighted by Crippen LogP contribution is 2.33. The second-order valence-corrected chi connectivity index (χ2v) is 15.7. The number of hydrogen-bond donors (Lipinski definition) is 2. The van der Waals surface area contributed by atoms with Crippen LogP contribution < -0.4 is 20.4 Å². The first-order valence-corrected chi connectivity index (χ1v) is 21.0. The molecule has 1 atom stereocenters. The summed E-state index contributed by atoms with van der Waals surface area (Å²) < 4.78 is 37.3. The van der Waals surface area contributed by atoms with Crippen molar-refractivity contribution in [3.05, 3.63) is 71.3 Å². The number of fused-ring (bicyclic) bond motifs is 2. The number of para-hydroxylation sites is 2. The molecule has 5 amide bonds. The molecule has 2 N–H and O–H groups in total. The van der Waals surface area contributed by atoms with E-state index in [1.165, 1.54) is 10.6 Å². The molecule has 20 nitrogen and oxygen atoms in total. The Bertz CT molecular complexity index is 2570. The summed E-state index contributed by atoms with van der Waals surface area (Å²) >= 11 is 0. The number of alkyl halides is 2. The number of anilines is 3. The number of rotatable bonds is 14. The zero-order valence-corrected chi connectivity index (χ0v) is 34.2. The van der Waals surface area contributed by atoms with Crippen LogP contribution in [-0.4, -0.2) is 137 Å². The van der Waals surface area contributed by atoms with Gasteiger partial charge < -0.3 is 19.9 Å². The number of nitrogens with zero attached hydrogens (tertiary/aromatic N) is 12. The van der Waals surface area contributed by atoms with E-state index in [9.17, 15) is 32.8 Å². The molecule has 0 aliphatic carbocycles. The molecule has 328 valence electrons. The number of imidazole rings is 1. The molecule has 3 fully saturated rings. The van der Waals surface area contributed by atoms with E-state index in [0.717, 1.165) is 23.4 Å². The minimum Gasteiger partial charge on any atom is -0.378 e. The van der Waals surface area contributed by atoms with Crippen molar-refractivity contribution < 1.29 is 37.5 Å². The molecule has 9 rings (SSSR count). The van der Waals surface area contributed by atoms with Crippen LogP contribution in [0.25, 0.3) is 17.0 Å². The van der Waals surface area contributed by atoms with Crippen molar-refractivity contribution in [1.82, 2.24) is 54.6 Å². The third-order valence-electron chi connectivity index (χ3n) is 11.5. The van der Waals surface area contributed by atoms with Gasteiger partial charge in [0.1, 0.15) is 6.04 Å². The average molecular weight is 867 g/mol. The van der Waals surface area contributed by atoms with Crippen molar-refractivity contribution in [2.75, 3.05) is 67.6 Å². The number of piperazine rings is 1. The molecule has 5 aromatic rings. The number of amides is 5. The lowest BCUT2D eigenvalue weighted by Gasteiger charge is -2.35. The van der Waals surface area contributed by atoms with Gasteiger partial charge in [-0.1, -0.05) is 29.8 Å². The maximum absolute atomic E-state index is 14.3. The summed E-state index contributed by atoms with van der Waals surface area (Å²) in [5, 5.41) is 13.6. The summed E-state index contributed by atoms with van der Waals surface area (Å²) in [4.78, 5) is 89.0. The predicted molar refractivity (Wildman–Crippen MR) is 220 cm³/mol. The Hall–Kier alpha value is -6.81. The molecular formula is C41H44F2N14O6. The first-order valence-electron chi connectivity index (χ1n) is 21.0. The molecule has 22 heteroatoms. The summed E-state index contributed by atoms with van der Waals surface area (Å²) in [5.74, 6) is -2.35. The molecule has 0 saturated carbocycles. The highest BCUT2D eigenvalue weighted by atomic mass is 19.3. The zero-order chi connectivity index (χ0) is 43.6. The van der Waals surface area contributed by atoms with Crippen molar-refractivity contribution in [3.8, 4) is 5.95 Å². The van der Waals surface area contributed by atoms with E-state index in [2.05, 4.69) is 35.8 Å². The molecule has 2 aromatic carbocycles. The Morgan fingerprint density at radius 3 is 2.35 bits per heavy atom. The topological polar surface area (TPSA) is 219 Å². The van der Waals surface area contributed by atoms with Crippen LogP contribution >= 0.6 is 0 Å². The molecule has 0 spiro atoms. The third-order valence-corrected chi connectivity index (χ3v) is 11.5. The van der Waals surface area contributed by atoms with Crippen LogP contribution in [0.1, 0.15) is 77.2 Å². The Labute approximate surface area is 358 Å². The quantitative estimate of drug-likeness (QED) is 0.121. The maximum atomic E-state index is 14.3. The number of ether oxygens (including phenoxy) is 1. The maximum Gasteiger partial charge on any atom is 0.296 e. The van der Waals surface area contributed by atoms with Gasteiger partial charge in [-0.25, -0.2) is 13.8 Å². The van der Waals surface area contributed by atoms with Crippen LogP contribution in [0.5, 0.6) is 0 Å². The number of nitrogens with one attached hydrogen (secondary N) is 2. The molecule has 4 aliphatic rings. The first-order chi connectivity index (χ1) is 30.6. The number of aromatic nitrogens is 8. The Morgan fingerprint density at radius 1 is 0.841 bits per heavy atom. The van der Waals surface area contributed by atoms with E-state index in [1.54, 1.807) is 41.1 Å². The molecule has 4 aliphatic heterocycles. The number of unbranched alkanes of at least 4 members (excludes halogenated alkanes) is 2. The smallest absolute Gasteiger partial charge is 0.296 e. The molecule has 3 saturated heterocycles. The van der Waals surface area contributed by atoms with Gasteiger partial charge in [-0.3, -0.25) is 48.3 Å². The molecular weight excluding hydrogens is 823 g/mol. The fourth-order valence-electron chi connectivity index (χ4n) is 8.31. The number of carbonyl (C=O) groups excluding carboxylic acids is 5. The van der Waals surface area contributed by atoms with Crippen molar-refractivity contribution in [1.29, 1.82) is 0 Å². The van der Waals surface area contributed by atoms with E-state index < -0.39 is 41.9 Å². The minimum absolute atomic E-state index is 0.0123. The van der Waals surface area contributed by atoms with E-state index in [4.69, 9.17) is 14.7 Å². The lowest BCUT2D eigenvalue weighted by molar-refractivity contribution is -0.136. The van der Waals surface area contributed by atoms with E-state index in [-0.39, 0.29) is 47.9 Å². The lowest BCUT2D eigenvalue weighted by atomic mass is 10.0. The van der Waals surface area contributed by atoms with Gasteiger partial charge in [-0.15, -0.1) is 5.10 Å². The number of imide groups is 2. The van der Waals surface area contributed by atoms with Gasteiger partial charge in [0.15, 0.2) is 5.82 Å². The van der Waals surface area contributed by atoms with E-state index >= 15 is 0 Å². The minimum atomic E-state index is -2.85. The van der Waals surface area contributed by atoms with Crippen LogP contribution in [0.2, 0.25) is 0 Å². The first kappa shape index (κ1) is 41.5. The number of piperidine rings is 1. The second-order valence-electron chi connectivity index (χ2n) is 15.7. The SMILES string of the molecule is O=C1CCC(N2C(=O)c3cccc(NC(=O)CCCCCn4cc(CN5CCN(c6nc(N7CCOCC7)nc(-n7c(C(F)F)nc8ccccc87)n6)CC5)nn4)c3C2=O)C(=O)N1. The van der Waals surface area contributed by atoms with Crippen molar-refractivity contribution >= 4 is 58.2 Å². The van der Waals surface area contributed by atoms with Gasteiger partial charge in [0.25, 0.3) is 18.2 Å². The van der Waals surface area contributed by atoms with E-state index in [0.29, 0.717) is 94.9 Å². The Kier molecular flexibility index (Phi) is 11.8. The Morgan fingerprint density at radius 2 is 1.59 bits per heavy atom. The largest absolute Gasteiger partial charge is 0.378 e. The molecule has 0 bridgehead atoms. The van der Waals surface area contributed by atoms with Gasteiger partial charge in [0.2, 0.25) is 35.6 Å². The Balaban J connectivity index is 0.757. The van der Waals surface area contributed by atoms with Crippen molar-refractivity contribution in [3.63, 3.8) is 0 Å². The van der Waals surface area contributed by atoms with Crippen LogP contribution in [0.4, 0.5) is 26.4 Å². The summed E-state index contributed by atoms with van der Waals surface area (Å²) in [6.45, 7) is 5.82. The van der Waals surface area contributed by atoms with Gasteiger partial charge in [0.05, 0.1) is 46.8 Å². The highest BCUT2D eigenvalue weighted by molar-refractivity contribution is 6.26. The molecule has 7 heterocycles. The predicted octanol–water partition coefficient (Wildman–Crippen LogP) is 2.50. The summed E-state index contributed by atoms with van der Waals surface area (Å²) in [6.07, 6.45) is 1.36. The number of aryl methyl sites for hydroxylation is 1. The third kappa shape index (κ3) is 8.67. The van der Waals surface area contributed by atoms with Gasteiger partial charge >= 0.3 is 0 Å². The summed E-state index contributed by atoms with van der Waals surface area (Å²) in [7, 11) is 0. The lowest BCUT2D eigenvalue weighted by Crippen LogP contribution is -2.54. The number of morpholine rings is 1. The van der Waals surface area contributed by atoms with Gasteiger partial charge in [-0.2, -0.15) is 15.0 Å². The van der Waals surface area contributed by atoms with Crippen LogP contribution in [0.15, 0.2) is 48.7 Å².